The van der Waals surface area contributed by atoms with Crippen molar-refractivity contribution in [2.45, 2.75) is 13.1 Å². The summed E-state index contributed by atoms with van der Waals surface area (Å²) in [5.74, 6) is -0.983. The van der Waals surface area contributed by atoms with Crippen LogP contribution < -0.4 is 5.43 Å². The fraction of sp³-hybridized carbons (Fsp3) is 0.200. The van der Waals surface area contributed by atoms with E-state index in [0.717, 1.165) is 9.71 Å². The zero-order valence-electron chi connectivity index (χ0n) is 21.9. The average Bonchev–Trinajstić information content (AvgIpc) is 2.96. The average molecular weight is 565 g/mol. The number of benzene rings is 3. The highest BCUT2D eigenvalue weighted by Crippen LogP contribution is 2.16. The molecule has 1 heterocycles. The number of hydrogen-bond acceptors (Lipinski definition) is 6. The Morgan fingerprint density at radius 1 is 0.975 bits per heavy atom. The number of fused-ring (bicyclic) bond motifs is 1. The van der Waals surface area contributed by atoms with Gasteiger partial charge in [-0.3, -0.25) is 9.59 Å². The molecule has 0 aliphatic heterocycles. The van der Waals surface area contributed by atoms with Crippen molar-refractivity contribution in [3.63, 3.8) is 0 Å². The van der Waals surface area contributed by atoms with Gasteiger partial charge in [-0.05, 0) is 41.5 Å². The van der Waals surface area contributed by atoms with Crippen LogP contribution in [0.15, 0.2) is 99.7 Å². The predicted octanol–water partition coefficient (Wildman–Crippen LogP) is 4.41. The first-order chi connectivity index (χ1) is 19.3. The molecule has 0 N–H and O–H groups in total. The molecule has 10 heteroatoms. The number of halogens is 1. The second-order valence-corrected chi connectivity index (χ2v) is 10.9. The van der Waals surface area contributed by atoms with E-state index in [9.17, 15) is 22.4 Å². The van der Waals surface area contributed by atoms with Crippen LogP contribution in [0.3, 0.4) is 0 Å². The quantitative estimate of drug-likeness (QED) is 0.253. The molecule has 0 fully saturated rings. The first kappa shape index (κ1) is 28.9. The summed E-state index contributed by atoms with van der Waals surface area (Å²) in [5, 5.41) is 1.41. The number of para-hydroxylation sites is 1. The van der Waals surface area contributed by atoms with Crippen LogP contribution >= 0.6 is 0 Å². The lowest BCUT2D eigenvalue weighted by Crippen LogP contribution is -2.43. The zero-order valence-corrected chi connectivity index (χ0v) is 22.7. The van der Waals surface area contributed by atoms with E-state index in [1.54, 1.807) is 48.5 Å². The van der Waals surface area contributed by atoms with E-state index in [4.69, 9.17) is 9.15 Å². The summed E-state index contributed by atoms with van der Waals surface area (Å²) >= 11 is 0. The lowest BCUT2D eigenvalue weighted by Gasteiger charge is -2.26. The largest absolute Gasteiger partial charge is 0.464 e. The Morgan fingerprint density at radius 2 is 1.68 bits per heavy atom. The summed E-state index contributed by atoms with van der Waals surface area (Å²) in [6.45, 7) is -0.611. The molecule has 208 valence electrons. The molecule has 0 aliphatic rings. The van der Waals surface area contributed by atoms with E-state index in [1.807, 2.05) is 6.07 Å². The molecule has 3 aromatic carbocycles. The minimum atomic E-state index is -4.01. The van der Waals surface area contributed by atoms with E-state index in [-0.39, 0.29) is 37.2 Å². The van der Waals surface area contributed by atoms with Crippen molar-refractivity contribution >= 4 is 33.0 Å². The summed E-state index contributed by atoms with van der Waals surface area (Å²) in [6.07, 6.45) is 2.76. The molecule has 8 nitrogen and oxygen atoms in total. The van der Waals surface area contributed by atoms with Crippen molar-refractivity contribution in [2.24, 2.45) is 0 Å². The maximum absolute atomic E-state index is 13.6. The molecule has 0 spiro atoms. The van der Waals surface area contributed by atoms with Crippen LogP contribution in [0.4, 0.5) is 4.39 Å². The Morgan fingerprint density at radius 3 is 2.40 bits per heavy atom. The zero-order chi connectivity index (χ0) is 28.5. The maximum atomic E-state index is 13.6. The molecule has 0 bridgehead atoms. The van der Waals surface area contributed by atoms with E-state index in [0.29, 0.717) is 22.1 Å². The van der Waals surface area contributed by atoms with Gasteiger partial charge in [-0.25, -0.2) is 12.8 Å². The lowest BCUT2D eigenvalue weighted by molar-refractivity contribution is -0.132. The Balaban J connectivity index is 1.63. The molecule has 40 heavy (non-hydrogen) atoms. The molecule has 1 amide bonds. The number of carbonyl (C=O) groups is 1. The number of carbonyl (C=O) groups excluding carboxylic acids is 1. The summed E-state index contributed by atoms with van der Waals surface area (Å²) in [7, 11) is -2.58. The molecule has 0 saturated carbocycles. The van der Waals surface area contributed by atoms with Crippen molar-refractivity contribution in [3.05, 3.63) is 123 Å². The van der Waals surface area contributed by atoms with Crippen LogP contribution in [-0.2, 0) is 32.6 Å². The Labute approximate surface area is 232 Å². The normalized spacial score (nSPS) is 11.9. The number of nitrogens with zero attached hydrogens (tertiary/aromatic N) is 2. The summed E-state index contributed by atoms with van der Waals surface area (Å²) in [5.41, 5.74) is 1.63. The monoisotopic (exact) mass is 564 g/mol. The van der Waals surface area contributed by atoms with Gasteiger partial charge in [0, 0.05) is 25.6 Å². The van der Waals surface area contributed by atoms with Crippen molar-refractivity contribution in [3.8, 4) is 0 Å². The van der Waals surface area contributed by atoms with Gasteiger partial charge < -0.3 is 14.1 Å². The molecular formula is C30H29FN2O6S. The molecule has 4 aromatic rings. The van der Waals surface area contributed by atoms with Crippen molar-refractivity contribution in [2.75, 3.05) is 26.8 Å². The van der Waals surface area contributed by atoms with Gasteiger partial charge in [0.05, 0.1) is 36.9 Å². The molecule has 0 radical (unpaired) electrons. The number of rotatable bonds is 12. The SMILES string of the molecule is COCCN(CC(=O)N(Cc1ccc(F)cc1)Cc1coc2ccccc2c1=O)S(=O)(=O)/C=C/c1ccccc1. The van der Waals surface area contributed by atoms with Gasteiger partial charge in [0.15, 0.2) is 5.43 Å². The van der Waals surface area contributed by atoms with Crippen molar-refractivity contribution in [1.82, 2.24) is 9.21 Å². The minimum Gasteiger partial charge on any atom is -0.464 e. The van der Waals surface area contributed by atoms with Crippen LogP contribution in [0, 0.1) is 5.82 Å². The number of hydrogen-bond donors (Lipinski definition) is 0. The Kier molecular flexibility index (Phi) is 9.60. The highest BCUT2D eigenvalue weighted by Gasteiger charge is 2.26. The Hall–Kier alpha value is -4.12. The van der Waals surface area contributed by atoms with Crippen LogP contribution in [0.2, 0.25) is 0 Å². The fourth-order valence-electron chi connectivity index (χ4n) is 4.03. The van der Waals surface area contributed by atoms with Crippen LogP contribution in [-0.4, -0.2) is 50.3 Å². The molecule has 1 aromatic heterocycles. The smallest absolute Gasteiger partial charge is 0.238 e. The van der Waals surface area contributed by atoms with E-state index in [1.165, 1.54) is 48.6 Å². The maximum Gasteiger partial charge on any atom is 0.238 e. The topological polar surface area (TPSA) is 97.1 Å². The second kappa shape index (κ2) is 13.3. The minimum absolute atomic E-state index is 0.0173. The predicted molar refractivity (Wildman–Crippen MR) is 151 cm³/mol. The molecular weight excluding hydrogens is 535 g/mol. The van der Waals surface area contributed by atoms with Crippen molar-refractivity contribution < 1.29 is 26.8 Å². The molecule has 0 saturated heterocycles. The van der Waals surface area contributed by atoms with Gasteiger partial charge in [-0.2, -0.15) is 4.31 Å². The third-order valence-corrected chi connectivity index (χ3v) is 7.71. The third kappa shape index (κ3) is 7.50. The van der Waals surface area contributed by atoms with Gasteiger partial charge in [0.2, 0.25) is 15.9 Å². The Bertz CT molecular complexity index is 1640. The number of amides is 1. The fourth-order valence-corrected chi connectivity index (χ4v) is 5.15. The van der Waals surface area contributed by atoms with E-state index in [2.05, 4.69) is 0 Å². The standard InChI is InChI=1S/C30H29FN2O6S/c1-38-17-16-33(40(36,37)18-15-23-7-3-2-4-8-23)21-29(34)32(19-24-11-13-26(31)14-12-24)20-25-22-39-28-10-6-5-9-27(28)30(25)35/h2-15,18,22H,16-17,19-21H2,1H3/b18-15+. The molecule has 4 rings (SSSR count). The highest BCUT2D eigenvalue weighted by molar-refractivity contribution is 7.92. The van der Waals surface area contributed by atoms with E-state index < -0.39 is 28.3 Å². The van der Waals surface area contributed by atoms with Gasteiger partial charge in [0.1, 0.15) is 11.4 Å². The number of methoxy groups -OCH3 is 1. The highest BCUT2D eigenvalue weighted by atomic mass is 32.2. The molecule has 0 unspecified atom stereocenters. The number of sulfonamides is 1. The van der Waals surface area contributed by atoms with Crippen molar-refractivity contribution in [1.29, 1.82) is 0 Å². The first-order valence-corrected chi connectivity index (χ1v) is 14.0. The van der Waals surface area contributed by atoms with Gasteiger partial charge in [-0.15, -0.1) is 0 Å². The van der Waals surface area contributed by atoms with Gasteiger partial charge in [-0.1, -0.05) is 54.6 Å². The summed E-state index contributed by atoms with van der Waals surface area (Å²) in [4.78, 5) is 28.1. The van der Waals surface area contributed by atoms with Crippen LogP contribution in [0.5, 0.6) is 0 Å². The second-order valence-electron chi connectivity index (χ2n) is 9.05. The van der Waals surface area contributed by atoms with Gasteiger partial charge >= 0.3 is 0 Å². The summed E-state index contributed by atoms with van der Waals surface area (Å²) in [6, 6.07) is 21.3. The first-order valence-electron chi connectivity index (χ1n) is 12.5. The van der Waals surface area contributed by atoms with Crippen LogP contribution in [0.1, 0.15) is 16.7 Å². The van der Waals surface area contributed by atoms with E-state index >= 15 is 0 Å². The molecule has 0 atom stereocenters. The summed E-state index contributed by atoms with van der Waals surface area (Å²) < 4.78 is 51.7. The van der Waals surface area contributed by atoms with Gasteiger partial charge in [0.25, 0.3) is 0 Å². The third-order valence-electron chi connectivity index (χ3n) is 6.20. The molecule has 0 aliphatic carbocycles. The number of ether oxygens (including phenoxy) is 1. The van der Waals surface area contributed by atoms with Crippen LogP contribution in [0.25, 0.3) is 17.0 Å². The lowest BCUT2D eigenvalue weighted by atomic mass is 10.1.